The van der Waals surface area contributed by atoms with Crippen molar-refractivity contribution in [2.75, 3.05) is 26.4 Å². The molecule has 1 rings (SSSR count). The zero-order chi connectivity index (χ0) is 13.5. The lowest BCUT2D eigenvalue weighted by atomic mass is 10.1. The molecule has 0 aromatic heterocycles. The Morgan fingerprint density at radius 2 is 2.11 bits per heavy atom. The van der Waals surface area contributed by atoms with Crippen LogP contribution in [0.15, 0.2) is 18.2 Å². The highest BCUT2D eigenvalue weighted by Gasteiger charge is 2.18. The van der Waals surface area contributed by atoms with Crippen LogP contribution >= 0.6 is 0 Å². The van der Waals surface area contributed by atoms with Crippen molar-refractivity contribution in [3.8, 4) is 5.75 Å². The Kier molecular flexibility index (Phi) is 5.49. The number of unbranched alkanes of at least 4 members (excludes halogenated alkanes) is 2. The van der Waals surface area contributed by atoms with Gasteiger partial charge in [-0.1, -0.05) is 25.8 Å². The predicted octanol–water partition coefficient (Wildman–Crippen LogP) is 2.54. The van der Waals surface area contributed by atoms with Gasteiger partial charge in [-0.05, 0) is 18.6 Å². The maximum Gasteiger partial charge on any atom is 0.259 e. The van der Waals surface area contributed by atoms with Crippen molar-refractivity contribution in [3.63, 3.8) is 0 Å². The second-order valence-corrected chi connectivity index (χ2v) is 4.36. The molecule has 0 heterocycles. The molecule has 4 heteroatoms. The lowest BCUT2D eigenvalue weighted by molar-refractivity contribution is 0.0790. The fourth-order valence-electron chi connectivity index (χ4n) is 1.84. The van der Waals surface area contributed by atoms with Crippen LogP contribution in [0.25, 0.3) is 0 Å². The number of anilines is 1. The molecule has 4 nitrogen and oxygen atoms in total. The summed E-state index contributed by atoms with van der Waals surface area (Å²) in [5.74, 6) is 0.448. The Morgan fingerprint density at radius 3 is 2.72 bits per heavy atom. The van der Waals surface area contributed by atoms with Gasteiger partial charge < -0.3 is 15.4 Å². The van der Waals surface area contributed by atoms with Crippen molar-refractivity contribution in [2.45, 2.75) is 26.2 Å². The molecule has 18 heavy (non-hydrogen) atoms. The van der Waals surface area contributed by atoms with Crippen LogP contribution in [0.1, 0.15) is 36.5 Å². The minimum absolute atomic E-state index is 0.0824. The Hall–Kier alpha value is -1.71. The van der Waals surface area contributed by atoms with E-state index in [1.165, 1.54) is 0 Å². The van der Waals surface area contributed by atoms with Crippen LogP contribution in [0.4, 0.5) is 5.69 Å². The second kappa shape index (κ2) is 6.89. The highest BCUT2D eigenvalue weighted by Crippen LogP contribution is 2.25. The van der Waals surface area contributed by atoms with Gasteiger partial charge in [0.05, 0.1) is 7.11 Å². The van der Waals surface area contributed by atoms with E-state index in [0.717, 1.165) is 25.8 Å². The van der Waals surface area contributed by atoms with Gasteiger partial charge in [-0.25, -0.2) is 0 Å². The zero-order valence-electron chi connectivity index (χ0n) is 11.4. The maximum absolute atomic E-state index is 12.3. The third-order valence-electron chi connectivity index (χ3n) is 2.94. The fourth-order valence-corrected chi connectivity index (χ4v) is 1.84. The number of carbonyl (C=O) groups excluding carboxylic acids is 1. The lowest BCUT2D eigenvalue weighted by Crippen LogP contribution is -2.28. The Balaban J connectivity index is 2.83. The summed E-state index contributed by atoms with van der Waals surface area (Å²) in [4.78, 5) is 14.0. The Labute approximate surface area is 109 Å². The predicted molar refractivity (Wildman–Crippen MR) is 73.9 cm³/mol. The molecule has 0 aliphatic carbocycles. The van der Waals surface area contributed by atoms with Crippen molar-refractivity contribution < 1.29 is 9.53 Å². The minimum Gasteiger partial charge on any atom is -0.496 e. The fraction of sp³-hybridized carbons (Fsp3) is 0.500. The molecule has 0 radical (unpaired) electrons. The molecule has 0 spiro atoms. The average molecular weight is 250 g/mol. The molecule has 0 aliphatic heterocycles. The summed E-state index contributed by atoms with van der Waals surface area (Å²) in [5.41, 5.74) is 6.78. The molecule has 1 amide bonds. The zero-order valence-corrected chi connectivity index (χ0v) is 11.4. The maximum atomic E-state index is 12.3. The molecule has 2 N–H and O–H groups in total. The molecule has 0 bridgehead atoms. The summed E-state index contributed by atoms with van der Waals surface area (Å²) in [6.07, 6.45) is 3.27. The normalized spacial score (nSPS) is 10.2. The van der Waals surface area contributed by atoms with Gasteiger partial charge in [-0.15, -0.1) is 0 Å². The molecule has 0 saturated carbocycles. The van der Waals surface area contributed by atoms with Crippen LogP contribution in [0.5, 0.6) is 5.75 Å². The summed E-state index contributed by atoms with van der Waals surface area (Å²) < 4.78 is 5.20. The molecule has 1 aromatic rings. The lowest BCUT2D eigenvalue weighted by Gasteiger charge is -2.19. The van der Waals surface area contributed by atoms with Gasteiger partial charge in [0.25, 0.3) is 5.91 Å². The van der Waals surface area contributed by atoms with E-state index >= 15 is 0 Å². The van der Waals surface area contributed by atoms with E-state index in [4.69, 9.17) is 10.5 Å². The number of methoxy groups -OCH3 is 1. The van der Waals surface area contributed by atoms with Gasteiger partial charge in [0.2, 0.25) is 0 Å². The van der Waals surface area contributed by atoms with Crippen LogP contribution in [-0.2, 0) is 0 Å². The topological polar surface area (TPSA) is 55.6 Å². The molecular weight excluding hydrogens is 228 g/mol. The first-order valence-corrected chi connectivity index (χ1v) is 6.29. The van der Waals surface area contributed by atoms with Crippen LogP contribution in [0.3, 0.4) is 0 Å². The van der Waals surface area contributed by atoms with Crippen LogP contribution in [-0.4, -0.2) is 31.5 Å². The number of rotatable bonds is 6. The summed E-state index contributed by atoms with van der Waals surface area (Å²) in [6, 6.07) is 5.25. The first-order chi connectivity index (χ1) is 8.61. The van der Waals surface area contributed by atoms with Crippen molar-refractivity contribution in [1.29, 1.82) is 0 Å². The van der Waals surface area contributed by atoms with E-state index in [9.17, 15) is 4.79 Å². The Bertz CT molecular complexity index is 405. The van der Waals surface area contributed by atoms with Gasteiger partial charge in [0, 0.05) is 19.3 Å². The summed E-state index contributed by atoms with van der Waals surface area (Å²) in [6.45, 7) is 2.88. The van der Waals surface area contributed by atoms with Crippen LogP contribution in [0.2, 0.25) is 0 Å². The average Bonchev–Trinajstić information content (AvgIpc) is 2.37. The summed E-state index contributed by atoms with van der Waals surface area (Å²) in [5, 5.41) is 0. The quantitative estimate of drug-likeness (QED) is 0.623. The summed E-state index contributed by atoms with van der Waals surface area (Å²) >= 11 is 0. The second-order valence-electron chi connectivity index (χ2n) is 4.36. The molecule has 0 fully saturated rings. The van der Waals surface area contributed by atoms with Crippen molar-refractivity contribution >= 4 is 11.6 Å². The SMILES string of the molecule is CCCCCN(C)C(=O)c1c(N)cccc1OC. The van der Waals surface area contributed by atoms with Gasteiger partial charge in [-0.2, -0.15) is 0 Å². The van der Waals surface area contributed by atoms with Crippen molar-refractivity contribution in [3.05, 3.63) is 23.8 Å². The number of ether oxygens (including phenoxy) is 1. The van der Waals surface area contributed by atoms with Gasteiger partial charge in [0.15, 0.2) is 0 Å². The Morgan fingerprint density at radius 1 is 1.39 bits per heavy atom. The van der Waals surface area contributed by atoms with Gasteiger partial charge in [-0.3, -0.25) is 4.79 Å². The first-order valence-electron chi connectivity index (χ1n) is 6.29. The highest BCUT2D eigenvalue weighted by molar-refractivity contribution is 6.01. The third-order valence-corrected chi connectivity index (χ3v) is 2.94. The number of nitrogens with two attached hydrogens (primary N) is 1. The highest BCUT2D eigenvalue weighted by atomic mass is 16.5. The molecule has 0 aliphatic rings. The minimum atomic E-state index is -0.0824. The molecule has 1 aromatic carbocycles. The number of nitrogen functional groups attached to an aromatic ring is 1. The van der Waals surface area contributed by atoms with Crippen LogP contribution in [0, 0.1) is 0 Å². The van der Waals surface area contributed by atoms with E-state index < -0.39 is 0 Å². The number of nitrogens with zero attached hydrogens (tertiary/aromatic N) is 1. The first kappa shape index (κ1) is 14.4. The summed E-state index contributed by atoms with van der Waals surface area (Å²) in [7, 11) is 3.34. The number of hydrogen-bond acceptors (Lipinski definition) is 3. The van der Waals surface area contributed by atoms with Gasteiger partial charge in [0.1, 0.15) is 11.3 Å². The van der Waals surface area contributed by atoms with E-state index in [0.29, 0.717) is 17.0 Å². The monoisotopic (exact) mass is 250 g/mol. The molecule has 0 saturated heterocycles. The smallest absolute Gasteiger partial charge is 0.259 e. The number of benzene rings is 1. The number of hydrogen-bond donors (Lipinski definition) is 1. The van der Waals surface area contributed by atoms with E-state index in [1.54, 1.807) is 37.3 Å². The largest absolute Gasteiger partial charge is 0.496 e. The van der Waals surface area contributed by atoms with E-state index in [-0.39, 0.29) is 5.91 Å². The molecule has 0 atom stereocenters. The molecule has 0 unspecified atom stereocenters. The third kappa shape index (κ3) is 3.39. The number of carbonyl (C=O) groups is 1. The number of amides is 1. The molecule has 100 valence electrons. The van der Waals surface area contributed by atoms with Crippen LogP contribution < -0.4 is 10.5 Å². The van der Waals surface area contributed by atoms with Crippen molar-refractivity contribution in [1.82, 2.24) is 4.90 Å². The molecular formula is C14H22N2O2. The van der Waals surface area contributed by atoms with E-state index in [1.807, 2.05) is 0 Å². The standard InChI is InChI=1S/C14H22N2O2/c1-4-5-6-10-16(2)14(17)13-11(15)8-7-9-12(13)18-3/h7-9H,4-6,10,15H2,1-3H3. The van der Waals surface area contributed by atoms with Gasteiger partial charge >= 0.3 is 0 Å². The van der Waals surface area contributed by atoms with E-state index in [2.05, 4.69) is 6.92 Å². The van der Waals surface area contributed by atoms with Crippen molar-refractivity contribution in [2.24, 2.45) is 0 Å².